The fraction of sp³-hybridized carbons (Fsp3) is 0.143. The van der Waals surface area contributed by atoms with E-state index in [1.54, 1.807) is 31.2 Å². The molecule has 3 rings (SSSR count). The number of nitrogens with one attached hydrogen (secondary N) is 2. The summed E-state index contributed by atoms with van der Waals surface area (Å²) in [6.45, 7) is 3.84. The van der Waals surface area contributed by atoms with Crippen LogP contribution in [0.5, 0.6) is 0 Å². The van der Waals surface area contributed by atoms with Crippen molar-refractivity contribution in [3.63, 3.8) is 0 Å². The molecule has 6 heteroatoms. The molecule has 0 aliphatic carbocycles. The molecule has 1 aromatic heterocycles. The first-order valence-corrected chi connectivity index (χ1v) is 8.61. The Balaban J connectivity index is 1.84. The Hall–Kier alpha value is -3.72. The number of nitrogens with zero attached hydrogens (tertiary/aromatic N) is 3. The molecule has 6 nitrogen and oxygen atoms in total. The van der Waals surface area contributed by atoms with Crippen LogP contribution in [0.3, 0.4) is 0 Å². The first-order chi connectivity index (χ1) is 13.1. The number of rotatable bonds is 5. The number of para-hydroxylation sites is 1. The van der Waals surface area contributed by atoms with E-state index in [-0.39, 0.29) is 11.6 Å². The van der Waals surface area contributed by atoms with Gasteiger partial charge < -0.3 is 10.6 Å². The lowest BCUT2D eigenvalue weighted by Crippen LogP contribution is -2.16. The average molecular weight is 357 g/mol. The second-order valence-electron chi connectivity index (χ2n) is 6.00. The van der Waals surface area contributed by atoms with Crippen molar-refractivity contribution < 1.29 is 4.79 Å². The fourth-order valence-corrected chi connectivity index (χ4v) is 2.67. The Morgan fingerprint density at radius 3 is 2.70 bits per heavy atom. The number of aromatic nitrogens is 2. The van der Waals surface area contributed by atoms with Crippen molar-refractivity contribution >= 4 is 23.2 Å². The maximum absolute atomic E-state index is 12.7. The minimum Gasteiger partial charge on any atom is -0.324 e. The van der Waals surface area contributed by atoms with Gasteiger partial charge in [0.1, 0.15) is 5.69 Å². The van der Waals surface area contributed by atoms with Gasteiger partial charge in [0.15, 0.2) is 0 Å². The monoisotopic (exact) mass is 357 g/mol. The van der Waals surface area contributed by atoms with Gasteiger partial charge >= 0.3 is 0 Å². The number of amides is 1. The Morgan fingerprint density at radius 1 is 1.11 bits per heavy atom. The topological polar surface area (TPSA) is 90.7 Å². The number of hydrogen-bond donors (Lipinski definition) is 2. The molecule has 0 saturated carbocycles. The molecule has 0 atom stereocenters. The summed E-state index contributed by atoms with van der Waals surface area (Å²) in [5.74, 6) is 0.00856. The second-order valence-corrected chi connectivity index (χ2v) is 6.00. The van der Waals surface area contributed by atoms with E-state index < -0.39 is 0 Å². The molecule has 1 amide bonds. The van der Waals surface area contributed by atoms with E-state index in [0.717, 1.165) is 17.7 Å². The molecule has 2 aromatic carbocycles. The molecule has 0 spiro atoms. The van der Waals surface area contributed by atoms with Crippen molar-refractivity contribution in [3.8, 4) is 6.07 Å². The van der Waals surface area contributed by atoms with Crippen LogP contribution in [-0.2, 0) is 6.42 Å². The Labute approximate surface area is 157 Å². The van der Waals surface area contributed by atoms with Crippen LogP contribution in [0.2, 0.25) is 0 Å². The smallest absolute Gasteiger partial charge is 0.274 e. The van der Waals surface area contributed by atoms with Crippen LogP contribution in [-0.4, -0.2) is 15.9 Å². The summed E-state index contributed by atoms with van der Waals surface area (Å²) in [4.78, 5) is 21.3. The molecule has 0 bridgehead atoms. The van der Waals surface area contributed by atoms with Gasteiger partial charge in [0.2, 0.25) is 5.95 Å². The molecule has 0 fully saturated rings. The molecule has 0 aliphatic heterocycles. The van der Waals surface area contributed by atoms with Gasteiger partial charge in [-0.2, -0.15) is 5.26 Å². The number of carbonyl (C=O) groups excluding carboxylic acids is 1. The molecule has 0 radical (unpaired) electrons. The van der Waals surface area contributed by atoms with E-state index in [2.05, 4.69) is 26.7 Å². The Bertz CT molecular complexity index is 1020. The van der Waals surface area contributed by atoms with Gasteiger partial charge in [0, 0.05) is 17.1 Å². The lowest BCUT2D eigenvalue weighted by atomic mass is 10.1. The third-order valence-electron chi connectivity index (χ3n) is 3.98. The molecule has 0 saturated heterocycles. The maximum atomic E-state index is 12.7. The third-order valence-corrected chi connectivity index (χ3v) is 3.98. The molecular weight excluding hydrogens is 338 g/mol. The van der Waals surface area contributed by atoms with Gasteiger partial charge in [0.05, 0.1) is 11.6 Å². The van der Waals surface area contributed by atoms with E-state index in [1.807, 2.05) is 37.3 Å². The summed E-state index contributed by atoms with van der Waals surface area (Å²) in [6.07, 6.45) is 0.821. The van der Waals surface area contributed by atoms with E-state index in [1.165, 1.54) is 0 Å². The van der Waals surface area contributed by atoms with Crippen molar-refractivity contribution in [1.82, 2.24) is 9.97 Å². The first-order valence-electron chi connectivity index (χ1n) is 8.61. The number of nitriles is 1. The highest BCUT2D eigenvalue weighted by atomic mass is 16.1. The zero-order chi connectivity index (χ0) is 19.2. The van der Waals surface area contributed by atoms with E-state index >= 15 is 0 Å². The van der Waals surface area contributed by atoms with E-state index in [0.29, 0.717) is 22.9 Å². The quantitative estimate of drug-likeness (QED) is 0.713. The van der Waals surface area contributed by atoms with Gasteiger partial charge in [-0.1, -0.05) is 31.2 Å². The minimum atomic E-state index is -0.296. The summed E-state index contributed by atoms with van der Waals surface area (Å²) >= 11 is 0. The predicted molar refractivity (Wildman–Crippen MR) is 105 cm³/mol. The maximum Gasteiger partial charge on any atom is 0.274 e. The van der Waals surface area contributed by atoms with Gasteiger partial charge in [-0.25, -0.2) is 9.97 Å². The van der Waals surface area contributed by atoms with Crippen molar-refractivity contribution in [2.24, 2.45) is 0 Å². The molecule has 134 valence electrons. The standard InChI is InChI=1S/C21H19N5O/c1-3-16-8-4-5-10-18(16)25-20(27)19-11-14(2)23-21(26-19)24-17-9-6-7-15(12-17)13-22/h4-12H,3H2,1-2H3,(H,25,27)(H,23,24,26). The van der Waals surface area contributed by atoms with Crippen LogP contribution in [0, 0.1) is 18.3 Å². The average Bonchev–Trinajstić information content (AvgIpc) is 2.68. The van der Waals surface area contributed by atoms with Gasteiger partial charge in [0.25, 0.3) is 5.91 Å². The molecule has 2 N–H and O–H groups in total. The minimum absolute atomic E-state index is 0.271. The molecule has 1 heterocycles. The highest BCUT2D eigenvalue weighted by Gasteiger charge is 2.12. The summed E-state index contributed by atoms with van der Waals surface area (Å²) < 4.78 is 0. The van der Waals surface area contributed by atoms with Crippen LogP contribution in [0.25, 0.3) is 0 Å². The van der Waals surface area contributed by atoms with Crippen molar-refractivity contribution in [2.45, 2.75) is 20.3 Å². The zero-order valence-corrected chi connectivity index (χ0v) is 15.2. The van der Waals surface area contributed by atoms with Crippen LogP contribution in [0.15, 0.2) is 54.6 Å². The lowest BCUT2D eigenvalue weighted by molar-refractivity contribution is 0.102. The number of benzene rings is 2. The van der Waals surface area contributed by atoms with Crippen molar-refractivity contribution in [3.05, 3.63) is 77.1 Å². The SMILES string of the molecule is CCc1ccccc1NC(=O)c1cc(C)nc(Nc2cccc(C#N)c2)n1. The number of hydrogen-bond acceptors (Lipinski definition) is 5. The molecule has 0 aliphatic rings. The lowest BCUT2D eigenvalue weighted by Gasteiger charge is -2.11. The van der Waals surface area contributed by atoms with E-state index in [9.17, 15) is 4.79 Å². The van der Waals surface area contributed by atoms with E-state index in [4.69, 9.17) is 5.26 Å². The van der Waals surface area contributed by atoms with Crippen LogP contribution in [0.1, 0.15) is 34.2 Å². The molecule has 3 aromatic rings. The Kier molecular flexibility index (Phi) is 5.43. The second kappa shape index (κ2) is 8.11. The number of carbonyl (C=O) groups is 1. The third kappa shape index (κ3) is 4.47. The Morgan fingerprint density at radius 2 is 1.93 bits per heavy atom. The fourth-order valence-electron chi connectivity index (χ4n) is 2.67. The summed E-state index contributed by atoms with van der Waals surface area (Å²) in [5.41, 5.74) is 3.98. The summed E-state index contributed by atoms with van der Waals surface area (Å²) in [6, 6.07) is 18.4. The highest BCUT2D eigenvalue weighted by Crippen LogP contribution is 2.18. The van der Waals surface area contributed by atoms with Gasteiger partial charge in [-0.05, 0) is 49.2 Å². The van der Waals surface area contributed by atoms with Crippen molar-refractivity contribution in [1.29, 1.82) is 5.26 Å². The molecular formula is C21H19N5O. The largest absolute Gasteiger partial charge is 0.324 e. The zero-order valence-electron chi connectivity index (χ0n) is 15.2. The van der Waals surface area contributed by atoms with Crippen LogP contribution < -0.4 is 10.6 Å². The molecule has 27 heavy (non-hydrogen) atoms. The summed E-state index contributed by atoms with van der Waals surface area (Å²) in [5, 5.41) is 15.0. The summed E-state index contributed by atoms with van der Waals surface area (Å²) in [7, 11) is 0. The predicted octanol–water partition coefficient (Wildman–Crippen LogP) is 4.22. The van der Waals surface area contributed by atoms with Crippen molar-refractivity contribution in [2.75, 3.05) is 10.6 Å². The normalized spacial score (nSPS) is 10.1. The van der Waals surface area contributed by atoms with Crippen LogP contribution in [0.4, 0.5) is 17.3 Å². The number of anilines is 3. The van der Waals surface area contributed by atoms with Gasteiger partial charge in [-0.3, -0.25) is 4.79 Å². The van der Waals surface area contributed by atoms with Gasteiger partial charge in [-0.15, -0.1) is 0 Å². The first kappa shape index (κ1) is 18.1. The molecule has 0 unspecified atom stereocenters. The number of aryl methyl sites for hydroxylation is 2. The highest BCUT2D eigenvalue weighted by molar-refractivity contribution is 6.03. The van der Waals surface area contributed by atoms with Crippen LogP contribution >= 0.6 is 0 Å².